The highest BCUT2D eigenvalue weighted by Crippen LogP contribution is 2.24. The number of hydrogen-bond donors (Lipinski definition) is 2. The molecule has 0 amide bonds. The zero-order valence-electron chi connectivity index (χ0n) is 16.9. The number of nitrogens with zero attached hydrogens (tertiary/aromatic N) is 3. The first-order valence-electron chi connectivity index (χ1n) is 10.3. The first-order valence-corrected chi connectivity index (χ1v) is 10.3. The minimum atomic E-state index is -0.921. The number of carboxylic acids is 1. The van der Waals surface area contributed by atoms with Gasteiger partial charge in [-0.3, -0.25) is 9.59 Å². The van der Waals surface area contributed by atoms with Crippen LogP contribution < -0.4 is 5.32 Å². The molecule has 2 aromatic heterocycles. The Labute approximate surface area is 171 Å². The highest BCUT2D eigenvalue weighted by Gasteiger charge is 2.20. The van der Waals surface area contributed by atoms with Gasteiger partial charge in [-0.1, -0.05) is 6.07 Å². The van der Waals surface area contributed by atoms with E-state index in [-0.39, 0.29) is 24.5 Å². The molecule has 7 nitrogen and oxygen atoms in total. The molecule has 2 N–H and O–H groups in total. The Bertz CT molecular complexity index is 852. The second kappa shape index (κ2) is 10.1. The molecule has 29 heavy (non-hydrogen) atoms. The van der Waals surface area contributed by atoms with E-state index in [1.54, 1.807) is 19.3 Å². The summed E-state index contributed by atoms with van der Waals surface area (Å²) in [5.74, 6) is 0.406. The summed E-state index contributed by atoms with van der Waals surface area (Å²) in [6, 6.07) is 4.23. The van der Waals surface area contributed by atoms with Crippen LogP contribution in [0.5, 0.6) is 0 Å². The molecule has 0 bridgehead atoms. The molecule has 1 aliphatic heterocycles. The molecule has 0 spiro atoms. The molecular formula is C22H28N4O3. The van der Waals surface area contributed by atoms with Crippen LogP contribution in [0.3, 0.4) is 0 Å². The van der Waals surface area contributed by atoms with Crippen molar-refractivity contribution < 1.29 is 14.7 Å². The quantitative estimate of drug-likeness (QED) is 0.592. The molecule has 3 rings (SSSR count). The number of carbonyl (C=O) groups is 2. The number of ketones is 1. The highest BCUT2D eigenvalue weighted by atomic mass is 16.4. The number of hydrogen-bond acceptors (Lipinski definition) is 6. The number of aryl methyl sites for hydroxylation is 3. The van der Waals surface area contributed by atoms with Crippen LogP contribution in [-0.4, -0.2) is 38.4 Å². The number of carbonyl (C=O) groups excluding carboxylic acids is 1. The molecule has 3 heterocycles. The molecule has 0 radical (unpaired) electrons. The minimum absolute atomic E-state index is 0.0805. The molecule has 0 saturated carbocycles. The molecule has 0 aliphatic carbocycles. The maximum Gasteiger partial charge on any atom is 0.303 e. The molecule has 154 valence electrons. The molecule has 0 fully saturated rings. The number of anilines is 1. The van der Waals surface area contributed by atoms with Gasteiger partial charge in [0.05, 0.1) is 6.42 Å². The lowest BCUT2D eigenvalue weighted by Gasteiger charge is -2.17. The number of rotatable bonds is 10. The Morgan fingerprint density at radius 3 is 2.72 bits per heavy atom. The van der Waals surface area contributed by atoms with Crippen molar-refractivity contribution in [3.63, 3.8) is 0 Å². The lowest BCUT2D eigenvalue weighted by molar-refractivity contribution is -0.137. The van der Waals surface area contributed by atoms with E-state index in [1.165, 1.54) is 5.56 Å². The third kappa shape index (κ3) is 6.34. The fourth-order valence-corrected chi connectivity index (χ4v) is 3.65. The maximum atomic E-state index is 12.4. The van der Waals surface area contributed by atoms with Crippen molar-refractivity contribution in [2.75, 3.05) is 11.9 Å². The van der Waals surface area contributed by atoms with Crippen LogP contribution in [0.1, 0.15) is 67.1 Å². The number of Topliss-reactive ketones (excluding diaryl/α,β-unsaturated/α-hetero) is 1. The monoisotopic (exact) mass is 396 g/mol. The molecule has 0 saturated heterocycles. The van der Waals surface area contributed by atoms with E-state index in [4.69, 9.17) is 0 Å². The number of fused-ring (bicyclic) bond motifs is 1. The summed E-state index contributed by atoms with van der Waals surface area (Å²) >= 11 is 0. The van der Waals surface area contributed by atoms with E-state index < -0.39 is 5.97 Å². The van der Waals surface area contributed by atoms with Crippen molar-refractivity contribution in [2.24, 2.45) is 0 Å². The predicted octanol–water partition coefficient (Wildman–Crippen LogP) is 3.47. The lowest BCUT2D eigenvalue weighted by atomic mass is 9.91. The zero-order chi connectivity index (χ0) is 20.6. The van der Waals surface area contributed by atoms with Gasteiger partial charge in [0.25, 0.3) is 0 Å². The summed E-state index contributed by atoms with van der Waals surface area (Å²) in [6.07, 6.45) is 8.53. The number of nitrogens with one attached hydrogen (secondary N) is 1. The number of pyridine rings is 1. The van der Waals surface area contributed by atoms with E-state index in [0.29, 0.717) is 17.8 Å². The topological polar surface area (TPSA) is 105 Å². The van der Waals surface area contributed by atoms with E-state index in [1.807, 2.05) is 0 Å². The highest BCUT2D eigenvalue weighted by molar-refractivity contribution is 5.80. The fraction of sp³-hybridized carbons (Fsp3) is 0.500. The van der Waals surface area contributed by atoms with Crippen LogP contribution in [0.15, 0.2) is 24.5 Å². The Hall–Kier alpha value is -2.83. The third-order valence-electron chi connectivity index (χ3n) is 5.26. The summed E-state index contributed by atoms with van der Waals surface area (Å²) in [4.78, 5) is 36.5. The predicted molar refractivity (Wildman–Crippen MR) is 110 cm³/mol. The van der Waals surface area contributed by atoms with Crippen molar-refractivity contribution in [3.8, 4) is 0 Å². The number of carboxylic acid groups (broad SMARTS) is 1. The lowest BCUT2D eigenvalue weighted by Crippen LogP contribution is -2.14. The van der Waals surface area contributed by atoms with Crippen molar-refractivity contribution in [1.82, 2.24) is 15.0 Å². The number of aromatic nitrogens is 3. The van der Waals surface area contributed by atoms with Crippen LogP contribution in [-0.2, 0) is 22.4 Å². The van der Waals surface area contributed by atoms with Gasteiger partial charge in [-0.05, 0) is 56.2 Å². The van der Waals surface area contributed by atoms with Crippen molar-refractivity contribution in [1.29, 1.82) is 0 Å². The van der Waals surface area contributed by atoms with Gasteiger partial charge in [0.1, 0.15) is 17.4 Å². The normalized spacial score (nSPS) is 14.0. The van der Waals surface area contributed by atoms with Crippen LogP contribution in [0.4, 0.5) is 5.82 Å². The average molecular weight is 396 g/mol. The standard InChI is InChI=1S/C22H28N4O3/c1-15-24-13-18(14-25-15)17(12-21(28)29)11-20(27)7-3-2-6-19-9-8-16-5-4-10-23-22(16)26-19/h8-9,13-14,17H,2-7,10-12H2,1H3,(H,23,26)(H,28,29)/t17-/m0/s1. The van der Waals surface area contributed by atoms with Gasteiger partial charge in [0, 0.05) is 43.4 Å². The van der Waals surface area contributed by atoms with E-state index in [9.17, 15) is 14.7 Å². The Morgan fingerprint density at radius 2 is 1.97 bits per heavy atom. The third-order valence-corrected chi connectivity index (χ3v) is 5.26. The van der Waals surface area contributed by atoms with Gasteiger partial charge >= 0.3 is 5.97 Å². The molecule has 0 aromatic carbocycles. The fourth-order valence-electron chi connectivity index (χ4n) is 3.65. The summed E-state index contributed by atoms with van der Waals surface area (Å²) < 4.78 is 0. The van der Waals surface area contributed by atoms with Gasteiger partial charge < -0.3 is 10.4 Å². The molecule has 7 heteroatoms. The van der Waals surface area contributed by atoms with E-state index in [2.05, 4.69) is 32.4 Å². The number of aliphatic carboxylic acids is 1. The average Bonchev–Trinajstić information content (AvgIpc) is 2.71. The summed E-state index contributed by atoms with van der Waals surface area (Å²) in [7, 11) is 0. The first kappa shape index (κ1) is 20.9. The minimum Gasteiger partial charge on any atom is -0.481 e. The second-order valence-corrected chi connectivity index (χ2v) is 7.65. The van der Waals surface area contributed by atoms with Crippen molar-refractivity contribution in [3.05, 3.63) is 47.2 Å². The van der Waals surface area contributed by atoms with Crippen LogP contribution in [0, 0.1) is 6.92 Å². The number of unbranched alkanes of at least 4 members (excludes halogenated alkanes) is 1. The van der Waals surface area contributed by atoms with Crippen LogP contribution in [0.25, 0.3) is 0 Å². The summed E-state index contributed by atoms with van der Waals surface area (Å²) in [5.41, 5.74) is 3.03. The van der Waals surface area contributed by atoms with E-state index in [0.717, 1.165) is 50.2 Å². The largest absolute Gasteiger partial charge is 0.481 e. The zero-order valence-corrected chi connectivity index (χ0v) is 16.9. The molecule has 1 aliphatic rings. The van der Waals surface area contributed by atoms with Gasteiger partial charge in [-0.25, -0.2) is 15.0 Å². The summed E-state index contributed by atoms with van der Waals surface area (Å²) in [5, 5.41) is 12.5. The van der Waals surface area contributed by atoms with Crippen LogP contribution in [0.2, 0.25) is 0 Å². The Morgan fingerprint density at radius 1 is 1.17 bits per heavy atom. The van der Waals surface area contributed by atoms with Gasteiger partial charge in [0.2, 0.25) is 0 Å². The van der Waals surface area contributed by atoms with Crippen LogP contribution >= 0.6 is 0 Å². The molecule has 1 atom stereocenters. The van der Waals surface area contributed by atoms with Gasteiger partial charge in [-0.15, -0.1) is 0 Å². The van der Waals surface area contributed by atoms with Crippen molar-refractivity contribution >= 4 is 17.6 Å². The van der Waals surface area contributed by atoms with E-state index >= 15 is 0 Å². The maximum absolute atomic E-state index is 12.4. The summed E-state index contributed by atoms with van der Waals surface area (Å²) in [6.45, 7) is 2.75. The smallest absolute Gasteiger partial charge is 0.303 e. The molecule has 0 unspecified atom stereocenters. The van der Waals surface area contributed by atoms with Gasteiger partial charge in [-0.2, -0.15) is 0 Å². The SMILES string of the molecule is Cc1ncc([C@H](CC(=O)O)CC(=O)CCCCc2ccc3c(n2)NCCC3)cn1. The Balaban J connectivity index is 1.46. The van der Waals surface area contributed by atoms with Gasteiger partial charge in [0.15, 0.2) is 0 Å². The molecule has 2 aromatic rings. The van der Waals surface area contributed by atoms with Crippen molar-refractivity contribution in [2.45, 2.75) is 64.2 Å². The Kier molecular flexibility index (Phi) is 7.27. The second-order valence-electron chi connectivity index (χ2n) is 7.65. The first-order chi connectivity index (χ1) is 14.0. The molecular weight excluding hydrogens is 368 g/mol.